The molecular weight excluding hydrogens is 385 g/mol. The molecule has 158 valence electrons. The van der Waals surface area contributed by atoms with E-state index in [0.717, 1.165) is 11.3 Å². The molecule has 2 aliphatic rings. The summed E-state index contributed by atoms with van der Waals surface area (Å²) < 4.78 is 14.9. The van der Waals surface area contributed by atoms with Gasteiger partial charge in [-0.2, -0.15) is 0 Å². The third kappa shape index (κ3) is 3.38. The van der Waals surface area contributed by atoms with Crippen molar-refractivity contribution in [3.05, 3.63) is 75.5 Å². The number of carbonyl (C=O) groups is 1. The quantitative estimate of drug-likeness (QED) is 0.789. The summed E-state index contributed by atoms with van der Waals surface area (Å²) in [6.45, 7) is 2.52. The van der Waals surface area contributed by atoms with Gasteiger partial charge >= 0.3 is 0 Å². The van der Waals surface area contributed by atoms with Gasteiger partial charge in [0.05, 0.1) is 12.1 Å². The summed E-state index contributed by atoms with van der Waals surface area (Å²) in [7, 11) is 1.87. The maximum Gasteiger partial charge on any atom is 0.258 e. The zero-order valence-corrected chi connectivity index (χ0v) is 17.1. The predicted molar refractivity (Wildman–Crippen MR) is 112 cm³/mol. The van der Waals surface area contributed by atoms with Crippen LogP contribution in [0.1, 0.15) is 29.8 Å². The lowest BCUT2D eigenvalue weighted by Crippen LogP contribution is -2.46. The van der Waals surface area contributed by atoms with Crippen LogP contribution in [0.3, 0.4) is 0 Å². The highest BCUT2D eigenvalue weighted by Crippen LogP contribution is 2.48. The van der Waals surface area contributed by atoms with E-state index in [1.54, 1.807) is 22.8 Å². The Bertz CT molecular complexity index is 1030. The zero-order chi connectivity index (χ0) is 21.4. The molecule has 1 saturated heterocycles. The molecule has 0 spiro atoms. The minimum absolute atomic E-state index is 0.0184. The Hall–Kier alpha value is -2.77. The molecule has 30 heavy (non-hydrogen) atoms. The number of aliphatic hydroxyl groups is 1. The third-order valence-corrected chi connectivity index (χ3v) is 6.38. The minimum Gasteiger partial charge on any atom is -0.396 e. The van der Waals surface area contributed by atoms with Gasteiger partial charge in [0.15, 0.2) is 0 Å². The van der Waals surface area contributed by atoms with E-state index in [4.69, 9.17) is 0 Å². The topological polar surface area (TPSA) is 74.6 Å². The summed E-state index contributed by atoms with van der Waals surface area (Å²) in [6, 6.07) is 9.17. The lowest BCUT2D eigenvalue weighted by molar-refractivity contribution is -0.127. The van der Waals surface area contributed by atoms with Crippen molar-refractivity contribution in [3.63, 3.8) is 0 Å². The van der Waals surface area contributed by atoms with E-state index < -0.39 is 6.04 Å². The normalized spacial score (nSPS) is 25.5. The lowest BCUT2D eigenvalue weighted by atomic mass is 9.88. The smallest absolute Gasteiger partial charge is 0.258 e. The molecule has 1 fully saturated rings. The molecule has 0 radical (unpaired) electrons. The molecule has 7 heteroatoms. The second kappa shape index (κ2) is 8.16. The summed E-state index contributed by atoms with van der Waals surface area (Å²) in [5, 5.41) is 13.0. The number of benzene rings is 1. The van der Waals surface area contributed by atoms with E-state index in [9.17, 15) is 19.1 Å². The molecule has 0 bridgehead atoms. The van der Waals surface area contributed by atoms with Crippen LogP contribution < -0.4 is 10.9 Å². The molecule has 0 unspecified atom stereocenters. The van der Waals surface area contributed by atoms with E-state index in [1.165, 1.54) is 12.1 Å². The van der Waals surface area contributed by atoms with Crippen molar-refractivity contribution in [3.8, 4) is 0 Å². The highest BCUT2D eigenvalue weighted by Gasteiger charge is 2.54. The van der Waals surface area contributed by atoms with Gasteiger partial charge in [-0.15, -0.1) is 0 Å². The number of rotatable bonds is 5. The molecule has 1 aromatic heterocycles. The molecule has 2 N–H and O–H groups in total. The number of nitrogens with zero attached hydrogens (tertiary/aromatic N) is 2. The molecule has 6 nitrogen and oxygen atoms in total. The number of likely N-dealkylation sites (N-methyl/N-ethyl adjacent to an activating group) is 1. The number of aliphatic hydroxyl groups excluding tert-OH is 1. The van der Waals surface area contributed by atoms with Gasteiger partial charge in [-0.05, 0) is 43.8 Å². The van der Waals surface area contributed by atoms with Crippen LogP contribution in [-0.2, 0) is 17.9 Å². The fourth-order valence-electron chi connectivity index (χ4n) is 4.99. The van der Waals surface area contributed by atoms with Gasteiger partial charge in [0.2, 0.25) is 5.91 Å². The van der Waals surface area contributed by atoms with Gasteiger partial charge in [-0.3, -0.25) is 14.5 Å². The molecule has 0 aliphatic carbocycles. The number of aromatic nitrogens is 1. The van der Waals surface area contributed by atoms with Crippen LogP contribution in [0, 0.1) is 17.7 Å². The van der Waals surface area contributed by atoms with Crippen LogP contribution in [0.25, 0.3) is 6.08 Å². The van der Waals surface area contributed by atoms with Crippen molar-refractivity contribution in [1.29, 1.82) is 0 Å². The van der Waals surface area contributed by atoms with Crippen molar-refractivity contribution < 1.29 is 14.3 Å². The first-order chi connectivity index (χ1) is 14.5. The maximum atomic E-state index is 13.1. The zero-order valence-electron chi connectivity index (χ0n) is 17.1. The fraction of sp³-hybridized carbons (Fsp3) is 0.391. The number of hydrogen-bond acceptors (Lipinski definition) is 4. The van der Waals surface area contributed by atoms with Crippen molar-refractivity contribution in [2.45, 2.75) is 32.1 Å². The number of nitrogens with one attached hydrogen (secondary N) is 1. The standard InChI is InChI=1S/C23H26FN3O3/c1-3-4-15-7-10-19-20-17(12-27(19)23(15)30)18(13-28)21(26(20)2)22(29)25-11-14-5-8-16(24)9-6-14/h3-10,17-18,20-21,28H,11-13H2,1-2H3,(H,25,29)/b4-3-/t17-,18-,20+,21-/m1/s1. The van der Waals surface area contributed by atoms with Crippen LogP contribution in [0.2, 0.25) is 0 Å². The van der Waals surface area contributed by atoms with Crippen LogP contribution in [0.15, 0.2) is 47.3 Å². The average molecular weight is 411 g/mol. The first kappa shape index (κ1) is 20.5. The Kier molecular flexibility index (Phi) is 5.58. The fourth-order valence-corrected chi connectivity index (χ4v) is 4.99. The van der Waals surface area contributed by atoms with Crippen LogP contribution in [0.5, 0.6) is 0 Å². The van der Waals surface area contributed by atoms with E-state index in [0.29, 0.717) is 18.7 Å². The Morgan fingerprint density at radius 3 is 2.67 bits per heavy atom. The molecule has 0 saturated carbocycles. The van der Waals surface area contributed by atoms with Gasteiger partial charge < -0.3 is 15.0 Å². The Balaban J connectivity index is 1.56. The van der Waals surface area contributed by atoms with Gasteiger partial charge in [0.25, 0.3) is 5.56 Å². The minimum atomic E-state index is -0.496. The summed E-state index contributed by atoms with van der Waals surface area (Å²) in [4.78, 5) is 27.8. The van der Waals surface area contributed by atoms with Crippen molar-refractivity contribution in [1.82, 2.24) is 14.8 Å². The summed E-state index contributed by atoms with van der Waals surface area (Å²) in [6.07, 6.45) is 3.63. The average Bonchev–Trinajstić information content (AvgIpc) is 3.25. The number of carbonyl (C=O) groups excluding carboxylic acids is 1. The van der Waals surface area contributed by atoms with Gasteiger partial charge in [0, 0.05) is 42.8 Å². The molecule has 4 rings (SSSR count). The molecule has 1 amide bonds. The van der Waals surface area contributed by atoms with E-state index >= 15 is 0 Å². The molecular formula is C23H26FN3O3. The number of pyridine rings is 1. The number of allylic oxidation sites excluding steroid dienone is 1. The number of fused-ring (bicyclic) bond motifs is 3. The Labute approximate surface area is 174 Å². The number of halogens is 1. The highest BCUT2D eigenvalue weighted by atomic mass is 19.1. The summed E-state index contributed by atoms with van der Waals surface area (Å²) in [5.41, 5.74) is 2.29. The highest BCUT2D eigenvalue weighted by molar-refractivity contribution is 5.82. The largest absolute Gasteiger partial charge is 0.396 e. The van der Waals surface area contributed by atoms with Crippen molar-refractivity contribution in [2.75, 3.05) is 13.7 Å². The predicted octanol–water partition coefficient (Wildman–Crippen LogP) is 1.93. The Morgan fingerprint density at radius 1 is 1.27 bits per heavy atom. The summed E-state index contributed by atoms with van der Waals surface area (Å²) in [5.74, 6) is -0.789. The maximum absolute atomic E-state index is 13.1. The number of hydrogen-bond donors (Lipinski definition) is 2. The number of likely N-dealkylation sites (tertiary alicyclic amines) is 1. The summed E-state index contributed by atoms with van der Waals surface area (Å²) >= 11 is 0. The van der Waals surface area contributed by atoms with E-state index in [2.05, 4.69) is 5.32 Å². The Morgan fingerprint density at radius 2 is 2.00 bits per heavy atom. The molecule has 1 aromatic carbocycles. The van der Waals surface area contributed by atoms with E-state index in [1.807, 2.05) is 37.1 Å². The van der Waals surface area contributed by atoms with Gasteiger partial charge in [-0.1, -0.05) is 24.3 Å². The van der Waals surface area contributed by atoms with Crippen molar-refractivity contribution >= 4 is 12.0 Å². The van der Waals surface area contributed by atoms with Crippen LogP contribution in [0.4, 0.5) is 4.39 Å². The first-order valence-electron chi connectivity index (χ1n) is 10.2. The van der Waals surface area contributed by atoms with Crippen molar-refractivity contribution in [2.24, 2.45) is 11.8 Å². The van der Waals surface area contributed by atoms with Gasteiger partial charge in [-0.25, -0.2) is 4.39 Å². The lowest BCUT2D eigenvalue weighted by Gasteiger charge is -2.27. The van der Waals surface area contributed by atoms with Crippen LogP contribution >= 0.6 is 0 Å². The van der Waals surface area contributed by atoms with Gasteiger partial charge in [0.1, 0.15) is 5.82 Å². The molecule has 2 aromatic rings. The molecule has 2 aliphatic heterocycles. The van der Waals surface area contributed by atoms with E-state index in [-0.39, 0.29) is 41.8 Å². The first-order valence-corrected chi connectivity index (χ1v) is 10.2. The number of amides is 1. The molecule has 4 atom stereocenters. The van der Waals surface area contributed by atoms with Crippen LogP contribution in [-0.4, -0.2) is 40.2 Å². The second-order valence-corrected chi connectivity index (χ2v) is 8.04. The monoisotopic (exact) mass is 411 g/mol. The molecule has 3 heterocycles. The SMILES string of the molecule is C/C=C\c1ccc2n(c1=O)C[C@@H]1[C@@H](CO)[C@H](C(=O)NCc3ccc(F)cc3)N(C)[C@H]21. The second-order valence-electron chi connectivity index (χ2n) is 8.04. The third-order valence-electron chi connectivity index (χ3n) is 6.38.